The molecule has 5 N–H and O–H groups in total. The number of aliphatic hydroxyl groups excluding tert-OH is 2. The van der Waals surface area contributed by atoms with Crippen LogP contribution in [0.5, 0.6) is 0 Å². The van der Waals surface area contributed by atoms with E-state index in [9.17, 15) is 19.8 Å². The second-order valence-electron chi connectivity index (χ2n) is 6.81. The first-order chi connectivity index (χ1) is 15.0. The standard InChI is InChI=1S/C19H21N7O5/c1-2-20-18(30)14-12(27)13(28)19(31-14)26-9-23-11-15(21-8-22-16(11)26)24-25-17(29)10-6-4-3-5-7-10/h3-9,12-14,19,27-28H,2H2,1H3,(H,20,30)(H,25,29)(H,21,22,24)/t12-,13+,14-,19+/m1/s1. The fraction of sp³-hybridized carbons (Fsp3) is 0.316. The summed E-state index contributed by atoms with van der Waals surface area (Å²) >= 11 is 0. The van der Waals surface area contributed by atoms with Crippen LogP contribution in [0, 0.1) is 0 Å². The summed E-state index contributed by atoms with van der Waals surface area (Å²) in [7, 11) is 0. The molecule has 0 bridgehead atoms. The van der Waals surface area contributed by atoms with Crippen LogP contribution in [0.2, 0.25) is 0 Å². The quantitative estimate of drug-likeness (QED) is 0.321. The molecule has 4 rings (SSSR count). The Balaban J connectivity index is 1.55. The number of anilines is 1. The van der Waals surface area contributed by atoms with Crippen LogP contribution in [-0.2, 0) is 9.53 Å². The second kappa shape index (κ2) is 8.63. The number of ether oxygens (including phenoxy) is 1. The first kappa shape index (κ1) is 20.7. The minimum absolute atomic E-state index is 0.223. The molecule has 0 radical (unpaired) electrons. The zero-order chi connectivity index (χ0) is 22.0. The van der Waals surface area contributed by atoms with E-state index in [0.717, 1.165) is 0 Å². The minimum atomic E-state index is -1.42. The summed E-state index contributed by atoms with van der Waals surface area (Å²) in [5, 5.41) is 23.2. The van der Waals surface area contributed by atoms with E-state index in [4.69, 9.17) is 4.74 Å². The number of aromatic nitrogens is 4. The molecule has 3 aromatic rings. The molecule has 31 heavy (non-hydrogen) atoms. The van der Waals surface area contributed by atoms with Crippen molar-refractivity contribution in [2.75, 3.05) is 12.0 Å². The Morgan fingerprint density at radius 3 is 2.65 bits per heavy atom. The van der Waals surface area contributed by atoms with Crippen molar-refractivity contribution in [2.45, 2.75) is 31.5 Å². The van der Waals surface area contributed by atoms with Crippen LogP contribution < -0.4 is 16.2 Å². The normalized spacial score (nSPS) is 22.9. The Kier molecular flexibility index (Phi) is 5.75. The van der Waals surface area contributed by atoms with Gasteiger partial charge in [-0.15, -0.1) is 0 Å². The van der Waals surface area contributed by atoms with E-state index < -0.39 is 30.4 Å². The van der Waals surface area contributed by atoms with Crippen LogP contribution in [0.1, 0.15) is 23.5 Å². The topological polar surface area (TPSA) is 164 Å². The molecule has 1 aliphatic heterocycles. The van der Waals surface area contributed by atoms with Crippen LogP contribution in [0.25, 0.3) is 11.2 Å². The van der Waals surface area contributed by atoms with E-state index in [-0.39, 0.29) is 17.4 Å². The summed E-state index contributed by atoms with van der Waals surface area (Å²) in [6.45, 7) is 2.09. The number of imidazole rings is 1. The molecular weight excluding hydrogens is 406 g/mol. The maximum Gasteiger partial charge on any atom is 0.269 e. The van der Waals surface area contributed by atoms with E-state index in [0.29, 0.717) is 17.6 Å². The molecule has 2 amide bonds. The Bertz CT molecular complexity index is 1090. The number of hydrazine groups is 1. The van der Waals surface area contributed by atoms with Crippen molar-refractivity contribution in [1.82, 2.24) is 30.3 Å². The third-order valence-corrected chi connectivity index (χ3v) is 4.81. The average molecular weight is 427 g/mol. The number of rotatable bonds is 6. The van der Waals surface area contributed by atoms with Crippen molar-refractivity contribution < 1.29 is 24.5 Å². The van der Waals surface area contributed by atoms with Gasteiger partial charge < -0.3 is 20.3 Å². The number of likely N-dealkylation sites (N-methyl/N-ethyl adjacent to an activating group) is 1. The van der Waals surface area contributed by atoms with Gasteiger partial charge in [0.05, 0.1) is 6.33 Å². The summed E-state index contributed by atoms with van der Waals surface area (Å²) in [5.74, 6) is -0.669. The predicted molar refractivity (Wildman–Crippen MR) is 107 cm³/mol. The van der Waals surface area contributed by atoms with Crippen LogP contribution >= 0.6 is 0 Å². The zero-order valence-electron chi connectivity index (χ0n) is 16.5. The SMILES string of the molecule is CCNC(=O)[C@@H]1O[C@H](n2cnc3c(NNC(=O)c4ccccc4)ncnc32)[C@@H](O)[C@H]1O. The maximum atomic E-state index is 12.2. The number of hydrogen-bond acceptors (Lipinski definition) is 9. The lowest BCUT2D eigenvalue weighted by atomic mass is 10.1. The Hall–Kier alpha value is -3.61. The van der Waals surface area contributed by atoms with Crippen molar-refractivity contribution in [1.29, 1.82) is 0 Å². The highest BCUT2D eigenvalue weighted by Gasteiger charge is 2.47. The van der Waals surface area contributed by atoms with Gasteiger partial charge in [0, 0.05) is 12.1 Å². The molecule has 162 valence electrons. The smallest absolute Gasteiger partial charge is 0.269 e. The van der Waals surface area contributed by atoms with Crippen LogP contribution in [0.3, 0.4) is 0 Å². The summed E-state index contributed by atoms with van der Waals surface area (Å²) in [4.78, 5) is 36.8. The van der Waals surface area contributed by atoms with E-state index >= 15 is 0 Å². The van der Waals surface area contributed by atoms with Crippen LogP contribution in [0.15, 0.2) is 43.0 Å². The molecule has 4 atom stereocenters. The van der Waals surface area contributed by atoms with Gasteiger partial charge in [0.1, 0.15) is 18.5 Å². The summed E-state index contributed by atoms with van der Waals surface area (Å²) < 4.78 is 7.01. The van der Waals surface area contributed by atoms with Gasteiger partial charge in [-0.2, -0.15) is 0 Å². The summed E-state index contributed by atoms with van der Waals surface area (Å²) in [6, 6.07) is 8.62. The molecule has 1 saturated heterocycles. The lowest BCUT2D eigenvalue weighted by molar-refractivity contribution is -0.137. The van der Waals surface area contributed by atoms with Gasteiger partial charge in [-0.3, -0.25) is 25.0 Å². The van der Waals surface area contributed by atoms with Gasteiger partial charge in [-0.05, 0) is 19.1 Å². The molecule has 0 aliphatic carbocycles. The minimum Gasteiger partial charge on any atom is -0.387 e. The third kappa shape index (κ3) is 3.91. The fourth-order valence-corrected chi connectivity index (χ4v) is 3.29. The summed E-state index contributed by atoms with van der Waals surface area (Å²) in [5.41, 5.74) is 6.27. The number of carbonyl (C=O) groups excluding carboxylic acids is 2. The Labute approximate surface area is 176 Å². The summed E-state index contributed by atoms with van der Waals surface area (Å²) in [6.07, 6.45) is -2.52. The number of amides is 2. The molecular formula is C19H21N7O5. The molecule has 2 aromatic heterocycles. The number of benzene rings is 1. The highest BCUT2D eigenvalue weighted by Crippen LogP contribution is 2.32. The van der Waals surface area contributed by atoms with Crippen LogP contribution in [0.4, 0.5) is 5.82 Å². The number of nitrogens with zero attached hydrogens (tertiary/aromatic N) is 4. The lowest BCUT2D eigenvalue weighted by Crippen LogP contribution is -2.42. The van der Waals surface area contributed by atoms with Gasteiger partial charge in [0.25, 0.3) is 11.8 Å². The van der Waals surface area contributed by atoms with Crippen molar-refractivity contribution >= 4 is 28.8 Å². The predicted octanol–water partition coefficient (Wildman–Crippen LogP) is -0.661. The fourth-order valence-electron chi connectivity index (χ4n) is 3.29. The van der Waals surface area contributed by atoms with E-state index in [1.165, 1.54) is 17.2 Å². The van der Waals surface area contributed by atoms with Crippen molar-refractivity contribution in [3.8, 4) is 0 Å². The third-order valence-electron chi connectivity index (χ3n) is 4.81. The van der Waals surface area contributed by atoms with Gasteiger partial charge >= 0.3 is 0 Å². The largest absolute Gasteiger partial charge is 0.387 e. The zero-order valence-corrected chi connectivity index (χ0v) is 16.5. The number of aliphatic hydroxyl groups is 2. The molecule has 12 heteroatoms. The number of nitrogens with one attached hydrogen (secondary N) is 3. The van der Waals surface area contributed by atoms with Gasteiger partial charge in [-0.1, -0.05) is 18.2 Å². The van der Waals surface area contributed by atoms with Crippen molar-refractivity contribution in [3.05, 3.63) is 48.5 Å². The van der Waals surface area contributed by atoms with Gasteiger partial charge in [0.15, 0.2) is 29.3 Å². The monoisotopic (exact) mass is 427 g/mol. The van der Waals surface area contributed by atoms with Gasteiger partial charge in [-0.25, -0.2) is 15.0 Å². The highest BCUT2D eigenvalue weighted by atomic mass is 16.6. The average Bonchev–Trinajstić information content (AvgIpc) is 3.34. The molecule has 1 aliphatic rings. The first-order valence-electron chi connectivity index (χ1n) is 9.59. The molecule has 0 spiro atoms. The Morgan fingerprint density at radius 2 is 1.90 bits per heavy atom. The van der Waals surface area contributed by atoms with Crippen molar-refractivity contribution in [3.63, 3.8) is 0 Å². The second-order valence-corrected chi connectivity index (χ2v) is 6.81. The lowest BCUT2D eigenvalue weighted by Gasteiger charge is -2.16. The van der Waals surface area contributed by atoms with E-state index in [2.05, 4.69) is 31.1 Å². The first-order valence-corrected chi connectivity index (χ1v) is 9.59. The highest BCUT2D eigenvalue weighted by molar-refractivity contribution is 5.95. The Morgan fingerprint density at radius 1 is 1.13 bits per heavy atom. The van der Waals surface area contributed by atoms with Crippen LogP contribution in [-0.4, -0.2) is 66.4 Å². The molecule has 1 aromatic carbocycles. The van der Waals surface area contributed by atoms with Crippen molar-refractivity contribution in [2.24, 2.45) is 0 Å². The molecule has 12 nitrogen and oxygen atoms in total. The van der Waals surface area contributed by atoms with E-state index in [1.54, 1.807) is 37.3 Å². The molecule has 1 fully saturated rings. The molecule has 0 saturated carbocycles. The molecule has 3 heterocycles. The maximum absolute atomic E-state index is 12.2. The molecule has 0 unspecified atom stereocenters. The van der Waals surface area contributed by atoms with E-state index in [1.807, 2.05) is 0 Å². The number of fused-ring (bicyclic) bond motifs is 1. The number of carbonyl (C=O) groups is 2. The number of hydrogen-bond donors (Lipinski definition) is 5. The van der Waals surface area contributed by atoms with Gasteiger partial charge in [0.2, 0.25) is 0 Å².